The van der Waals surface area contributed by atoms with Crippen LogP contribution in [0.25, 0.3) is 0 Å². The summed E-state index contributed by atoms with van der Waals surface area (Å²) in [5.74, 6) is 2.97. The Hall–Kier alpha value is -1.74. The average Bonchev–Trinajstić information content (AvgIpc) is 2.45. The number of anilines is 1. The Morgan fingerprint density at radius 3 is 2.55 bits per heavy atom. The summed E-state index contributed by atoms with van der Waals surface area (Å²) in [6.45, 7) is 3.75. The molecule has 20 heavy (non-hydrogen) atoms. The smallest absolute Gasteiger partial charge is 0.354 e. The first-order chi connectivity index (χ1) is 9.50. The minimum absolute atomic E-state index is 0.386. The SMILES string of the molecule is C#CCCN1CCN(c2cc(C(F)(F)F)ccn2)CC1. The number of hydrogen-bond donors (Lipinski definition) is 0. The number of terminal acetylenes is 1. The van der Waals surface area contributed by atoms with Gasteiger partial charge < -0.3 is 4.90 Å². The van der Waals surface area contributed by atoms with Crippen molar-refractivity contribution >= 4 is 5.82 Å². The lowest BCUT2D eigenvalue weighted by Gasteiger charge is -2.35. The zero-order valence-corrected chi connectivity index (χ0v) is 11.0. The van der Waals surface area contributed by atoms with Crippen LogP contribution in [0.5, 0.6) is 0 Å². The van der Waals surface area contributed by atoms with Gasteiger partial charge in [-0.2, -0.15) is 13.2 Å². The van der Waals surface area contributed by atoms with E-state index in [9.17, 15) is 13.2 Å². The molecule has 1 aromatic rings. The van der Waals surface area contributed by atoms with Crippen molar-refractivity contribution in [2.75, 3.05) is 37.6 Å². The molecule has 2 heterocycles. The first kappa shape index (κ1) is 14.7. The molecule has 0 bridgehead atoms. The number of nitrogens with zero attached hydrogens (tertiary/aromatic N) is 3. The zero-order chi connectivity index (χ0) is 14.6. The van der Waals surface area contributed by atoms with Gasteiger partial charge in [0.15, 0.2) is 0 Å². The summed E-state index contributed by atoms with van der Waals surface area (Å²) in [5, 5.41) is 0. The van der Waals surface area contributed by atoms with Crippen LogP contribution >= 0.6 is 0 Å². The second-order valence-corrected chi connectivity index (χ2v) is 4.68. The van der Waals surface area contributed by atoms with Gasteiger partial charge in [0.05, 0.1) is 5.56 Å². The summed E-state index contributed by atoms with van der Waals surface area (Å²) in [4.78, 5) is 8.13. The van der Waals surface area contributed by atoms with Crippen molar-refractivity contribution in [2.45, 2.75) is 12.6 Å². The lowest BCUT2D eigenvalue weighted by atomic mass is 10.2. The van der Waals surface area contributed by atoms with Crippen LogP contribution in [0.1, 0.15) is 12.0 Å². The Kier molecular flexibility index (Phi) is 4.50. The van der Waals surface area contributed by atoms with Crippen LogP contribution in [0.4, 0.5) is 19.0 Å². The highest BCUT2D eigenvalue weighted by Gasteiger charge is 2.31. The van der Waals surface area contributed by atoms with Crippen LogP contribution in [-0.4, -0.2) is 42.6 Å². The predicted molar refractivity (Wildman–Crippen MR) is 71.3 cm³/mol. The molecule has 1 aromatic heterocycles. The third-order valence-electron chi connectivity index (χ3n) is 3.34. The lowest BCUT2D eigenvalue weighted by molar-refractivity contribution is -0.137. The second-order valence-electron chi connectivity index (χ2n) is 4.68. The normalized spacial score (nSPS) is 17.0. The van der Waals surface area contributed by atoms with Gasteiger partial charge in [0.2, 0.25) is 0 Å². The maximum atomic E-state index is 12.7. The van der Waals surface area contributed by atoms with Crippen molar-refractivity contribution in [3.05, 3.63) is 23.9 Å². The summed E-state index contributed by atoms with van der Waals surface area (Å²) in [6, 6.07) is 2.10. The molecule has 1 saturated heterocycles. The van der Waals surface area contributed by atoms with Gasteiger partial charge in [-0.1, -0.05) is 0 Å². The van der Waals surface area contributed by atoms with E-state index < -0.39 is 11.7 Å². The van der Waals surface area contributed by atoms with Crippen LogP contribution in [0.2, 0.25) is 0 Å². The molecule has 0 aliphatic carbocycles. The van der Waals surface area contributed by atoms with Crippen molar-refractivity contribution in [1.29, 1.82) is 0 Å². The third-order valence-corrected chi connectivity index (χ3v) is 3.34. The summed E-state index contributed by atoms with van der Waals surface area (Å²) < 4.78 is 38.0. The Balaban J connectivity index is 1.99. The quantitative estimate of drug-likeness (QED) is 0.793. The van der Waals surface area contributed by atoms with Gasteiger partial charge >= 0.3 is 6.18 Å². The van der Waals surface area contributed by atoms with Gasteiger partial charge in [-0.25, -0.2) is 4.98 Å². The van der Waals surface area contributed by atoms with E-state index in [0.29, 0.717) is 25.3 Å². The van der Waals surface area contributed by atoms with Crippen LogP contribution in [0.3, 0.4) is 0 Å². The van der Waals surface area contributed by atoms with Gasteiger partial charge in [-0.3, -0.25) is 4.90 Å². The molecule has 0 unspecified atom stereocenters. The van der Waals surface area contributed by atoms with E-state index in [2.05, 4.69) is 15.8 Å². The first-order valence-electron chi connectivity index (χ1n) is 6.45. The number of rotatable bonds is 3. The van der Waals surface area contributed by atoms with Crippen LogP contribution in [0.15, 0.2) is 18.3 Å². The molecular formula is C14H16F3N3. The van der Waals surface area contributed by atoms with E-state index in [0.717, 1.165) is 31.8 Å². The third kappa shape index (κ3) is 3.64. The summed E-state index contributed by atoms with van der Waals surface area (Å²) in [7, 11) is 0. The minimum Gasteiger partial charge on any atom is -0.354 e. The molecule has 0 spiro atoms. The fraction of sp³-hybridized carbons (Fsp3) is 0.500. The number of alkyl halides is 3. The Labute approximate surface area is 116 Å². The Morgan fingerprint density at radius 1 is 1.25 bits per heavy atom. The zero-order valence-electron chi connectivity index (χ0n) is 11.0. The topological polar surface area (TPSA) is 19.4 Å². The number of piperazine rings is 1. The fourth-order valence-corrected chi connectivity index (χ4v) is 2.19. The highest BCUT2D eigenvalue weighted by atomic mass is 19.4. The molecule has 0 saturated carbocycles. The first-order valence-corrected chi connectivity index (χ1v) is 6.45. The second kappa shape index (κ2) is 6.14. The minimum atomic E-state index is -4.33. The van der Waals surface area contributed by atoms with E-state index in [1.807, 2.05) is 4.90 Å². The van der Waals surface area contributed by atoms with Gasteiger partial charge in [0.25, 0.3) is 0 Å². The monoisotopic (exact) mass is 283 g/mol. The van der Waals surface area contributed by atoms with E-state index in [1.54, 1.807) is 0 Å². The van der Waals surface area contributed by atoms with Crippen molar-refractivity contribution in [2.24, 2.45) is 0 Å². The Bertz CT molecular complexity index is 485. The number of pyridine rings is 1. The molecule has 0 N–H and O–H groups in total. The van der Waals surface area contributed by atoms with E-state index in [-0.39, 0.29) is 0 Å². The van der Waals surface area contributed by atoms with Gasteiger partial charge in [0, 0.05) is 45.3 Å². The predicted octanol–water partition coefficient (Wildman–Crippen LogP) is 2.25. The molecule has 108 valence electrons. The van der Waals surface area contributed by atoms with Gasteiger partial charge in [0.1, 0.15) is 5.82 Å². The van der Waals surface area contributed by atoms with Crippen molar-refractivity contribution in [1.82, 2.24) is 9.88 Å². The standard InChI is InChI=1S/C14H16F3N3/c1-2-3-6-19-7-9-20(10-8-19)13-11-12(4-5-18-13)14(15,16)17/h1,4-5,11H,3,6-10H2. The van der Waals surface area contributed by atoms with E-state index in [4.69, 9.17) is 6.42 Å². The van der Waals surface area contributed by atoms with Crippen molar-refractivity contribution in [3.63, 3.8) is 0 Å². The Morgan fingerprint density at radius 2 is 1.95 bits per heavy atom. The molecular weight excluding hydrogens is 267 g/mol. The lowest BCUT2D eigenvalue weighted by Crippen LogP contribution is -2.46. The summed E-state index contributed by atoms with van der Waals surface area (Å²) >= 11 is 0. The molecule has 1 aliphatic heterocycles. The largest absolute Gasteiger partial charge is 0.416 e. The molecule has 1 fully saturated rings. The highest BCUT2D eigenvalue weighted by Crippen LogP contribution is 2.30. The van der Waals surface area contributed by atoms with Gasteiger partial charge in [-0.05, 0) is 12.1 Å². The van der Waals surface area contributed by atoms with E-state index >= 15 is 0 Å². The number of halogens is 3. The maximum Gasteiger partial charge on any atom is 0.416 e. The number of aromatic nitrogens is 1. The van der Waals surface area contributed by atoms with Crippen LogP contribution in [-0.2, 0) is 6.18 Å². The van der Waals surface area contributed by atoms with Crippen LogP contribution in [0, 0.1) is 12.3 Å². The van der Waals surface area contributed by atoms with Crippen molar-refractivity contribution < 1.29 is 13.2 Å². The fourth-order valence-electron chi connectivity index (χ4n) is 2.19. The van der Waals surface area contributed by atoms with E-state index in [1.165, 1.54) is 6.20 Å². The molecule has 3 nitrogen and oxygen atoms in total. The molecule has 6 heteroatoms. The van der Waals surface area contributed by atoms with Crippen LogP contribution < -0.4 is 4.90 Å². The van der Waals surface area contributed by atoms with Gasteiger partial charge in [-0.15, -0.1) is 12.3 Å². The molecule has 0 atom stereocenters. The highest BCUT2D eigenvalue weighted by molar-refractivity contribution is 5.42. The summed E-state index contributed by atoms with van der Waals surface area (Å²) in [5.41, 5.74) is -0.655. The maximum absolute atomic E-state index is 12.7. The van der Waals surface area contributed by atoms with Crippen molar-refractivity contribution in [3.8, 4) is 12.3 Å². The molecule has 0 aromatic carbocycles. The molecule has 2 rings (SSSR count). The molecule has 0 radical (unpaired) electrons. The number of hydrogen-bond acceptors (Lipinski definition) is 3. The summed E-state index contributed by atoms with van der Waals surface area (Å²) in [6.07, 6.45) is 2.80. The average molecular weight is 283 g/mol. The molecule has 0 amide bonds. The molecule has 1 aliphatic rings.